The molecule has 0 spiro atoms. The number of amides is 2. The lowest BCUT2D eigenvalue weighted by Gasteiger charge is -2.31. The predicted octanol–water partition coefficient (Wildman–Crippen LogP) is 5.60. The van der Waals surface area contributed by atoms with Gasteiger partial charge in [0.1, 0.15) is 11.4 Å². The Morgan fingerprint density at radius 3 is 2.48 bits per heavy atom. The lowest BCUT2D eigenvalue weighted by molar-refractivity contribution is 0.0565. The first kappa shape index (κ1) is 22.8. The van der Waals surface area contributed by atoms with Crippen molar-refractivity contribution in [1.82, 2.24) is 9.88 Å². The first-order chi connectivity index (χ1) is 14.7. The number of rotatable bonds is 5. The van der Waals surface area contributed by atoms with Crippen molar-refractivity contribution in [2.24, 2.45) is 0 Å². The van der Waals surface area contributed by atoms with Crippen molar-refractivity contribution in [3.63, 3.8) is 0 Å². The number of benzene rings is 1. The summed E-state index contributed by atoms with van der Waals surface area (Å²) in [6.45, 7) is 10.3. The molecule has 6 heteroatoms. The highest BCUT2D eigenvalue weighted by atomic mass is 16.6. The third-order valence-electron chi connectivity index (χ3n) is 5.56. The summed E-state index contributed by atoms with van der Waals surface area (Å²) in [5.41, 5.74) is 1.11. The Kier molecular flexibility index (Phi) is 6.98. The topological polar surface area (TPSA) is 62.7 Å². The second-order valence-electron chi connectivity index (χ2n) is 9.08. The van der Waals surface area contributed by atoms with Crippen LogP contribution in [0.1, 0.15) is 75.8 Å². The highest BCUT2D eigenvalue weighted by molar-refractivity contribution is 5.94. The van der Waals surface area contributed by atoms with Crippen LogP contribution in [0.2, 0.25) is 0 Å². The van der Waals surface area contributed by atoms with Gasteiger partial charge in [-0.1, -0.05) is 31.2 Å². The van der Waals surface area contributed by atoms with Gasteiger partial charge < -0.3 is 9.64 Å². The van der Waals surface area contributed by atoms with E-state index >= 15 is 0 Å². The molecule has 6 nitrogen and oxygen atoms in total. The molecule has 2 aromatic rings. The summed E-state index contributed by atoms with van der Waals surface area (Å²) < 4.78 is 5.60. The number of aromatic nitrogens is 1. The summed E-state index contributed by atoms with van der Waals surface area (Å²) >= 11 is 0. The van der Waals surface area contributed by atoms with Crippen molar-refractivity contribution in [1.29, 1.82) is 0 Å². The fraction of sp³-hybridized carbons (Fsp3) is 0.480. The van der Waals surface area contributed by atoms with Crippen LogP contribution in [0.4, 0.5) is 10.6 Å². The normalized spacial score (nSPS) is 17.3. The Balaban J connectivity index is 1.82. The van der Waals surface area contributed by atoms with Gasteiger partial charge in [0.25, 0.3) is 5.91 Å². The molecule has 1 aliphatic heterocycles. The van der Waals surface area contributed by atoms with Crippen molar-refractivity contribution in [2.75, 3.05) is 11.4 Å². The van der Waals surface area contributed by atoms with E-state index in [9.17, 15) is 9.59 Å². The van der Waals surface area contributed by atoms with Crippen molar-refractivity contribution in [3.05, 3.63) is 59.8 Å². The van der Waals surface area contributed by atoms with E-state index < -0.39 is 11.7 Å². The zero-order valence-corrected chi connectivity index (χ0v) is 19.2. The van der Waals surface area contributed by atoms with E-state index in [0.29, 0.717) is 11.4 Å². The number of likely N-dealkylation sites (tertiary alicyclic amines) is 1. The third-order valence-corrected chi connectivity index (χ3v) is 5.56. The number of carbonyl (C=O) groups is 2. The molecule has 0 aliphatic carbocycles. The first-order valence-electron chi connectivity index (χ1n) is 11.1. The molecule has 0 saturated carbocycles. The quantitative estimate of drug-likeness (QED) is 0.628. The predicted molar refractivity (Wildman–Crippen MR) is 122 cm³/mol. The van der Waals surface area contributed by atoms with E-state index in [1.165, 1.54) is 0 Å². The largest absolute Gasteiger partial charge is 0.443 e. The van der Waals surface area contributed by atoms with E-state index in [4.69, 9.17) is 4.74 Å². The monoisotopic (exact) mass is 423 g/mol. The maximum Gasteiger partial charge on any atom is 0.416 e. The Labute approximate surface area is 185 Å². The molecule has 2 atom stereocenters. The molecule has 1 aliphatic rings. The number of ether oxygens (including phenoxy) is 1. The molecular weight excluding hydrogens is 390 g/mol. The first-order valence-corrected chi connectivity index (χ1v) is 11.1. The number of hydrogen-bond donors (Lipinski definition) is 0. The molecule has 1 saturated heterocycles. The summed E-state index contributed by atoms with van der Waals surface area (Å²) in [5.74, 6) is 0.605. The number of hydrogen-bond acceptors (Lipinski definition) is 4. The maximum absolute atomic E-state index is 13.0. The number of pyridine rings is 1. The molecule has 2 amide bonds. The van der Waals surface area contributed by atoms with E-state index in [1.54, 1.807) is 11.1 Å². The zero-order valence-electron chi connectivity index (χ0n) is 19.2. The van der Waals surface area contributed by atoms with Gasteiger partial charge in [0.05, 0.1) is 6.04 Å². The maximum atomic E-state index is 13.0. The lowest BCUT2D eigenvalue weighted by Crippen LogP contribution is -2.42. The van der Waals surface area contributed by atoms with Gasteiger partial charge in [-0.3, -0.25) is 9.69 Å². The van der Waals surface area contributed by atoms with Gasteiger partial charge in [-0.15, -0.1) is 0 Å². The van der Waals surface area contributed by atoms with Gasteiger partial charge >= 0.3 is 6.09 Å². The van der Waals surface area contributed by atoms with Crippen molar-refractivity contribution in [3.8, 4) is 0 Å². The van der Waals surface area contributed by atoms with E-state index in [-0.39, 0.29) is 18.0 Å². The van der Waals surface area contributed by atoms with Gasteiger partial charge in [-0.2, -0.15) is 0 Å². The third kappa shape index (κ3) is 5.43. The van der Waals surface area contributed by atoms with Crippen molar-refractivity contribution >= 4 is 17.8 Å². The van der Waals surface area contributed by atoms with Gasteiger partial charge in [0, 0.05) is 24.3 Å². The van der Waals surface area contributed by atoms with Gasteiger partial charge in [-0.25, -0.2) is 9.78 Å². The molecule has 1 fully saturated rings. The van der Waals surface area contributed by atoms with E-state index in [2.05, 4.69) is 4.98 Å². The van der Waals surface area contributed by atoms with Crippen molar-refractivity contribution in [2.45, 2.75) is 71.6 Å². The minimum Gasteiger partial charge on any atom is -0.443 e. The van der Waals surface area contributed by atoms with Crippen LogP contribution in [0, 0.1) is 0 Å². The van der Waals surface area contributed by atoms with Gasteiger partial charge in [0.15, 0.2) is 0 Å². The van der Waals surface area contributed by atoms with Crippen LogP contribution in [0.3, 0.4) is 0 Å². The minimum absolute atomic E-state index is 0.00664. The summed E-state index contributed by atoms with van der Waals surface area (Å²) in [5, 5.41) is 0. The molecule has 166 valence electrons. The number of nitrogens with zero attached hydrogens (tertiary/aromatic N) is 3. The molecule has 0 unspecified atom stereocenters. The summed E-state index contributed by atoms with van der Waals surface area (Å²) in [6, 6.07) is 13.2. The Hall–Kier alpha value is -2.89. The van der Waals surface area contributed by atoms with Crippen LogP contribution in [-0.2, 0) is 4.74 Å². The van der Waals surface area contributed by atoms with Crippen molar-refractivity contribution < 1.29 is 14.3 Å². The summed E-state index contributed by atoms with van der Waals surface area (Å²) in [7, 11) is 0. The van der Waals surface area contributed by atoms with Crippen LogP contribution in [0.15, 0.2) is 48.7 Å². The Bertz CT molecular complexity index is 890. The highest BCUT2D eigenvalue weighted by Gasteiger charge is 2.32. The Morgan fingerprint density at radius 1 is 1.19 bits per heavy atom. The fourth-order valence-electron chi connectivity index (χ4n) is 3.83. The van der Waals surface area contributed by atoms with Crippen LogP contribution in [0.25, 0.3) is 0 Å². The molecular formula is C25H33N3O3. The molecule has 1 aromatic carbocycles. The summed E-state index contributed by atoms with van der Waals surface area (Å²) in [4.78, 5) is 33.9. The molecule has 3 rings (SSSR count). The van der Waals surface area contributed by atoms with Gasteiger partial charge in [-0.05, 0) is 70.7 Å². The molecule has 0 radical (unpaired) electrons. The molecule has 31 heavy (non-hydrogen) atoms. The van der Waals surface area contributed by atoms with Crippen LogP contribution in [-0.4, -0.2) is 40.1 Å². The van der Waals surface area contributed by atoms with Crippen LogP contribution < -0.4 is 4.90 Å². The highest BCUT2D eigenvalue weighted by Crippen LogP contribution is 2.33. The average Bonchev–Trinajstić information content (AvgIpc) is 3.23. The SMILES string of the molecule is CC[C@@H](C)N(C(=O)OC(C)(C)C)c1ccc([C@@H]2CCCN2C(=O)c2ccccc2)cn1. The zero-order chi connectivity index (χ0) is 22.6. The second kappa shape index (κ2) is 9.50. The lowest BCUT2D eigenvalue weighted by atomic mass is 10.1. The number of anilines is 1. The fourth-order valence-corrected chi connectivity index (χ4v) is 3.83. The van der Waals surface area contributed by atoms with Gasteiger partial charge in [0.2, 0.25) is 0 Å². The second-order valence-corrected chi connectivity index (χ2v) is 9.08. The van der Waals surface area contributed by atoms with E-state index in [1.807, 2.05) is 82.0 Å². The molecule has 0 N–H and O–H groups in total. The standard InChI is InChI=1S/C25H33N3O3/c1-6-18(2)28(24(30)31-25(3,4)5)22-15-14-20(17-26-22)21-13-10-16-27(21)23(29)19-11-8-7-9-12-19/h7-9,11-12,14-15,17-18,21H,6,10,13,16H2,1-5H3/t18-,21+/m1/s1. The van der Waals surface area contributed by atoms with Crippen LogP contribution in [0.5, 0.6) is 0 Å². The smallest absolute Gasteiger partial charge is 0.416 e. The van der Waals surface area contributed by atoms with Crippen LogP contribution >= 0.6 is 0 Å². The van der Waals surface area contributed by atoms with E-state index in [0.717, 1.165) is 31.4 Å². The number of carbonyl (C=O) groups excluding carboxylic acids is 2. The Morgan fingerprint density at radius 2 is 1.90 bits per heavy atom. The average molecular weight is 424 g/mol. The molecule has 2 heterocycles. The summed E-state index contributed by atoms with van der Waals surface area (Å²) in [6.07, 6.45) is 4.03. The molecule has 0 bridgehead atoms. The minimum atomic E-state index is -0.578. The molecule has 1 aromatic heterocycles.